The topological polar surface area (TPSA) is 78.3 Å². The van der Waals surface area contributed by atoms with Gasteiger partial charge in [0.2, 0.25) is 0 Å². The minimum atomic E-state index is -3.00. The number of carbonyl (C=O) groups is 1. The molecule has 6 aromatic rings. The van der Waals surface area contributed by atoms with Gasteiger partial charge in [-0.15, -0.1) is 0 Å². The molecule has 0 radical (unpaired) electrons. The van der Waals surface area contributed by atoms with Gasteiger partial charge in [-0.3, -0.25) is 9.00 Å². The molecule has 1 fully saturated rings. The van der Waals surface area contributed by atoms with Crippen molar-refractivity contribution in [1.29, 1.82) is 0 Å². The number of aromatic nitrogens is 1. The van der Waals surface area contributed by atoms with Crippen molar-refractivity contribution in [1.82, 2.24) is 10.3 Å². The van der Waals surface area contributed by atoms with Crippen molar-refractivity contribution in [3.8, 4) is 33.6 Å². The Labute approximate surface area is 242 Å². The summed E-state index contributed by atoms with van der Waals surface area (Å²) in [7, 11) is 0.445. The minimum absolute atomic E-state index is 0.311. The number of benzene rings is 4. The van der Waals surface area contributed by atoms with Crippen molar-refractivity contribution in [2.75, 3.05) is 36.2 Å². The fourth-order valence-electron chi connectivity index (χ4n) is 5.63. The first-order valence-corrected chi connectivity index (χ1v) is 16.4. The molecule has 42 heavy (non-hydrogen) atoms. The fraction of sp³-hybridized carbons (Fsp3) is 0.147. The molecular formula is C34H30FN3O3S. The van der Waals surface area contributed by atoms with Gasteiger partial charge < -0.3 is 19.0 Å². The van der Waals surface area contributed by atoms with Crippen LogP contribution in [0.25, 0.3) is 55.4 Å². The van der Waals surface area contributed by atoms with E-state index >= 15 is 0 Å². The quantitative estimate of drug-likeness (QED) is 0.204. The van der Waals surface area contributed by atoms with Gasteiger partial charge >= 0.3 is 0 Å². The van der Waals surface area contributed by atoms with E-state index in [-0.39, 0.29) is 11.7 Å². The van der Waals surface area contributed by atoms with Crippen LogP contribution in [0, 0.1) is 5.82 Å². The smallest absolute Gasteiger partial charge is 0.255 e. The van der Waals surface area contributed by atoms with E-state index in [4.69, 9.17) is 4.42 Å². The zero-order chi connectivity index (χ0) is 29.2. The van der Waals surface area contributed by atoms with Gasteiger partial charge in [-0.05, 0) is 62.8 Å². The van der Waals surface area contributed by atoms with Gasteiger partial charge in [-0.25, -0.2) is 4.39 Å². The van der Waals surface area contributed by atoms with E-state index in [2.05, 4.69) is 28.5 Å². The van der Waals surface area contributed by atoms with E-state index in [0.29, 0.717) is 39.4 Å². The molecule has 0 saturated carbocycles. The molecule has 0 atom stereocenters. The number of furan rings is 1. The predicted molar refractivity (Wildman–Crippen MR) is 170 cm³/mol. The Hall–Kier alpha value is -4.69. The molecule has 0 unspecified atom stereocenters. The van der Waals surface area contributed by atoms with E-state index < -0.39 is 9.25 Å². The second kappa shape index (κ2) is 9.16. The van der Waals surface area contributed by atoms with Crippen LogP contribution in [0.5, 0.6) is 0 Å². The zero-order valence-corrected chi connectivity index (χ0v) is 24.3. The monoisotopic (exact) mass is 579 g/mol. The molecular weight excluding hydrogens is 549 g/mol. The van der Waals surface area contributed by atoms with Gasteiger partial charge in [0.15, 0.2) is 0 Å². The highest BCUT2D eigenvalue weighted by molar-refractivity contribution is 8.26. The molecule has 212 valence electrons. The Bertz CT molecular complexity index is 2090. The summed E-state index contributed by atoms with van der Waals surface area (Å²) in [6.07, 6.45) is 3.86. The molecule has 0 bridgehead atoms. The number of H-pyrrole nitrogens is 1. The molecule has 3 heterocycles. The highest BCUT2D eigenvalue weighted by Gasteiger charge is 2.49. The predicted octanol–water partition coefficient (Wildman–Crippen LogP) is 7.23. The van der Waals surface area contributed by atoms with Crippen molar-refractivity contribution < 1.29 is 17.8 Å². The molecule has 1 amide bonds. The van der Waals surface area contributed by atoms with Gasteiger partial charge in [-0.2, -0.15) is 0 Å². The Kier molecular flexibility index (Phi) is 5.72. The van der Waals surface area contributed by atoms with Gasteiger partial charge in [0.05, 0.1) is 11.3 Å². The van der Waals surface area contributed by atoms with Crippen molar-refractivity contribution >= 4 is 42.7 Å². The second-order valence-corrected chi connectivity index (χ2v) is 16.0. The number of nitrogens with zero attached hydrogens (tertiary/aromatic N) is 1. The first kappa shape index (κ1) is 26.2. The summed E-state index contributed by atoms with van der Waals surface area (Å²) in [6, 6.07) is 26.1. The Morgan fingerprint density at radius 2 is 1.62 bits per heavy atom. The van der Waals surface area contributed by atoms with Gasteiger partial charge in [0.25, 0.3) is 5.91 Å². The number of rotatable bonds is 6. The van der Waals surface area contributed by atoms with Gasteiger partial charge in [0, 0.05) is 77.1 Å². The maximum absolute atomic E-state index is 14.0. The number of carbonyl (C=O) groups excluding carboxylic acids is 1. The second-order valence-electron chi connectivity index (χ2n) is 11.2. The third-order valence-electron chi connectivity index (χ3n) is 8.52. The molecule has 1 saturated heterocycles. The molecule has 0 aliphatic carbocycles. The number of amides is 1. The normalized spacial score (nSPS) is 16.1. The van der Waals surface area contributed by atoms with Crippen LogP contribution in [-0.2, 0) is 9.25 Å². The first-order valence-electron chi connectivity index (χ1n) is 13.8. The summed E-state index contributed by atoms with van der Waals surface area (Å²) in [6.45, 7) is 0. The Balaban J connectivity index is 1.50. The molecule has 2 aromatic heterocycles. The molecule has 4 aromatic carbocycles. The van der Waals surface area contributed by atoms with E-state index in [1.807, 2.05) is 66.3 Å². The van der Waals surface area contributed by atoms with Crippen LogP contribution in [0.2, 0.25) is 0 Å². The third-order valence-corrected chi connectivity index (χ3v) is 12.2. The average Bonchev–Trinajstić information content (AvgIpc) is 3.33. The summed E-state index contributed by atoms with van der Waals surface area (Å²) in [5.74, 6) is 0.923. The van der Waals surface area contributed by atoms with Gasteiger partial charge in [-0.1, -0.05) is 36.4 Å². The third kappa shape index (κ3) is 4.13. The summed E-state index contributed by atoms with van der Waals surface area (Å²) in [5, 5.41) is 4.41. The minimum Gasteiger partial charge on any atom is -0.455 e. The Morgan fingerprint density at radius 1 is 0.905 bits per heavy atom. The van der Waals surface area contributed by atoms with Crippen LogP contribution >= 0.6 is 0 Å². The lowest BCUT2D eigenvalue weighted by atomic mass is 9.96. The number of nitrogens with one attached hydrogen (secondary N) is 2. The fourth-order valence-corrected chi connectivity index (χ4v) is 8.12. The summed E-state index contributed by atoms with van der Waals surface area (Å²) < 4.78 is 36.0. The van der Waals surface area contributed by atoms with Crippen molar-refractivity contribution in [2.24, 2.45) is 0 Å². The molecule has 6 nitrogen and oxygen atoms in total. The summed E-state index contributed by atoms with van der Waals surface area (Å²) in [4.78, 5) is 16.7. The highest BCUT2D eigenvalue weighted by atomic mass is 32.3. The Morgan fingerprint density at radius 3 is 2.31 bits per heavy atom. The number of anilines is 1. The zero-order valence-electron chi connectivity index (χ0n) is 23.5. The molecule has 0 spiro atoms. The van der Waals surface area contributed by atoms with Crippen LogP contribution in [0.3, 0.4) is 0 Å². The number of halogens is 1. The largest absolute Gasteiger partial charge is 0.455 e. The first-order chi connectivity index (χ1) is 20.1. The standard InChI is InChI=1S/C34H30FN3O3S/c1-36-34(39)32-27-18-25(23-11-14-29-26(17-23)28(20-37-29)21-7-5-4-6-8-21)30(38(2)42(3,40)15-16-42)19-31(27)41-33(32)22-9-12-24(35)13-10-22/h4-14,17-20,37H,15-16H2,1-3H3,(H,36,39). The molecule has 7 rings (SSSR count). The van der Waals surface area contributed by atoms with Crippen molar-refractivity contribution in [2.45, 2.75) is 0 Å². The maximum atomic E-state index is 14.0. The lowest BCUT2D eigenvalue weighted by Gasteiger charge is -2.34. The summed E-state index contributed by atoms with van der Waals surface area (Å²) in [5.41, 5.74) is 7.15. The number of fused-ring (bicyclic) bond motifs is 2. The number of hydrogen-bond donors (Lipinski definition) is 2. The van der Waals surface area contributed by atoms with Crippen LogP contribution < -0.4 is 9.62 Å². The van der Waals surface area contributed by atoms with E-state index in [1.165, 1.54) is 12.1 Å². The molecule has 1 aliphatic heterocycles. The molecule has 8 heteroatoms. The molecule has 1 aliphatic rings. The van der Waals surface area contributed by atoms with Crippen molar-refractivity contribution in [3.63, 3.8) is 0 Å². The maximum Gasteiger partial charge on any atom is 0.255 e. The SMILES string of the molecule is CNC(=O)c1c(-c2ccc(F)cc2)oc2cc(N(C)S3(C)(=O)CC3)c(-c3ccc4[nH]cc(-c5ccccc5)c4c3)cc12. The van der Waals surface area contributed by atoms with Gasteiger partial charge in [0.1, 0.15) is 17.2 Å². The van der Waals surface area contributed by atoms with Crippen molar-refractivity contribution in [3.05, 3.63) is 103 Å². The van der Waals surface area contributed by atoms with Crippen LogP contribution in [-0.4, -0.2) is 47.0 Å². The van der Waals surface area contributed by atoms with E-state index in [1.54, 1.807) is 19.2 Å². The summed E-state index contributed by atoms with van der Waals surface area (Å²) >= 11 is 0. The average molecular weight is 580 g/mol. The van der Waals surface area contributed by atoms with E-state index in [9.17, 15) is 13.4 Å². The van der Waals surface area contributed by atoms with Crippen LogP contribution in [0.15, 0.2) is 95.5 Å². The number of aromatic amines is 1. The lowest BCUT2D eigenvalue weighted by Crippen LogP contribution is -2.36. The van der Waals surface area contributed by atoms with E-state index in [0.717, 1.165) is 38.8 Å². The van der Waals surface area contributed by atoms with Crippen LogP contribution in [0.4, 0.5) is 10.1 Å². The van der Waals surface area contributed by atoms with Crippen LogP contribution in [0.1, 0.15) is 10.4 Å². The highest BCUT2D eigenvalue weighted by Crippen LogP contribution is 2.48. The lowest BCUT2D eigenvalue weighted by molar-refractivity contribution is 0.0964. The number of hydrogen-bond acceptors (Lipinski definition) is 3. The molecule has 2 N–H and O–H groups in total.